The average molecular weight is 216 g/mol. The van der Waals surface area contributed by atoms with Gasteiger partial charge in [-0.3, -0.25) is 0 Å². The molecule has 1 aliphatic rings. The molecule has 1 fully saturated rings. The van der Waals surface area contributed by atoms with Gasteiger partial charge in [0.2, 0.25) is 0 Å². The molecule has 0 aliphatic heterocycles. The molecule has 2 rings (SSSR count). The molecule has 0 spiro atoms. The summed E-state index contributed by atoms with van der Waals surface area (Å²) < 4.78 is 5.71. The third-order valence-electron chi connectivity index (χ3n) is 3.38. The first kappa shape index (κ1) is 11.0. The van der Waals surface area contributed by atoms with Crippen LogP contribution in [0.4, 0.5) is 0 Å². The highest BCUT2D eigenvalue weighted by Gasteiger charge is 2.36. The van der Waals surface area contributed by atoms with Crippen molar-refractivity contribution in [1.82, 2.24) is 0 Å². The molecule has 0 amide bonds. The molecule has 0 bridgehead atoms. The third-order valence-corrected chi connectivity index (χ3v) is 3.38. The van der Waals surface area contributed by atoms with Crippen LogP contribution >= 0.6 is 0 Å². The van der Waals surface area contributed by atoms with Gasteiger partial charge in [0.05, 0.1) is 18.2 Å². The minimum Gasteiger partial charge on any atom is -0.493 e. The minimum atomic E-state index is 0.202. The second-order valence-corrected chi connectivity index (χ2v) is 4.48. The van der Waals surface area contributed by atoms with Gasteiger partial charge in [0.15, 0.2) is 0 Å². The third kappa shape index (κ3) is 2.17. The number of nitrogens with two attached hydrogens (primary N) is 1. The highest BCUT2D eigenvalue weighted by atomic mass is 16.5. The molecule has 0 atom stereocenters. The van der Waals surface area contributed by atoms with Crippen LogP contribution < -0.4 is 10.5 Å². The van der Waals surface area contributed by atoms with Crippen molar-refractivity contribution in [2.75, 3.05) is 13.2 Å². The second kappa shape index (κ2) is 4.54. The van der Waals surface area contributed by atoms with Crippen molar-refractivity contribution in [3.05, 3.63) is 29.8 Å². The molecule has 0 heterocycles. The lowest BCUT2D eigenvalue weighted by Gasteiger charge is -2.40. The van der Waals surface area contributed by atoms with Crippen molar-refractivity contribution >= 4 is 0 Å². The maximum atomic E-state index is 8.67. The molecule has 0 saturated heterocycles. The fourth-order valence-electron chi connectivity index (χ4n) is 1.95. The summed E-state index contributed by atoms with van der Waals surface area (Å²) in [6, 6.07) is 9.29. The molecule has 2 N–H and O–H groups in total. The quantitative estimate of drug-likeness (QED) is 0.838. The largest absolute Gasteiger partial charge is 0.493 e. The van der Waals surface area contributed by atoms with Crippen LogP contribution in [-0.4, -0.2) is 13.2 Å². The lowest BCUT2D eigenvalue weighted by atomic mass is 9.69. The van der Waals surface area contributed by atoms with E-state index in [1.54, 1.807) is 12.1 Å². The molecule has 0 unspecified atom stereocenters. The van der Waals surface area contributed by atoms with E-state index in [2.05, 4.69) is 6.07 Å². The smallest absolute Gasteiger partial charge is 0.119 e. The van der Waals surface area contributed by atoms with Crippen molar-refractivity contribution in [1.29, 1.82) is 5.26 Å². The number of hydrogen-bond donors (Lipinski definition) is 1. The normalized spacial score (nSPS) is 17.2. The van der Waals surface area contributed by atoms with Crippen molar-refractivity contribution in [2.45, 2.75) is 19.3 Å². The van der Waals surface area contributed by atoms with E-state index >= 15 is 0 Å². The van der Waals surface area contributed by atoms with Crippen molar-refractivity contribution in [2.24, 2.45) is 11.1 Å². The van der Waals surface area contributed by atoms with Gasteiger partial charge >= 0.3 is 0 Å². The molecular formula is C13H16N2O. The Labute approximate surface area is 95.8 Å². The number of benzene rings is 1. The molecule has 1 saturated carbocycles. The Morgan fingerprint density at radius 2 is 2.00 bits per heavy atom. The molecule has 3 heteroatoms. The van der Waals surface area contributed by atoms with Crippen LogP contribution in [0.5, 0.6) is 5.75 Å². The van der Waals surface area contributed by atoms with E-state index in [1.807, 2.05) is 12.1 Å². The molecule has 0 aromatic heterocycles. The highest BCUT2D eigenvalue weighted by molar-refractivity contribution is 5.34. The van der Waals surface area contributed by atoms with E-state index < -0.39 is 0 Å². The molecule has 3 nitrogen and oxygen atoms in total. The lowest BCUT2D eigenvalue weighted by molar-refractivity contribution is 0.0668. The van der Waals surface area contributed by atoms with E-state index in [1.165, 1.54) is 19.3 Å². The van der Waals surface area contributed by atoms with Gasteiger partial charge < -0.3 is 10.5 Å². The summed E-state index contributed by atoms with van der Waals surface area (Å²) in [5, 5.41) is 8.67. The van der Waals surface area contributed by atoms with Gasteiger partial charge in [-0.25, -0.2) is 0 Å². The van der Waals surface area contributed by atoms with E-state index in [9.17, 15) is 0 Å². The topological polar surface area (TPSA) is 59.0 Å². The Hall–Kier alpha value is -1.53. The summed E-state index contributed by atoms with van der Waals surface area (Å²) in [5.74, 6) is 0.818. The summed E-state index contributed by atoms with van der Waals surface area (Å²) in [4.78, 5) is 0. The van der Waals surface area contributed by atoms with Crippen LogP contribution in [0.2, 0.25) is 0 Å². The molecule has 1 aliphatic carbocycles. The van der Waals surface area contributed by atoms with Gasteiger partial charge in [0.1, 0.15) is 5.75 Å². The Bertz CT molecular complexity index is 382. The van der Waals surface area contributed by atoms with Gasteiger partial charge in [-0.1, -0.05) is 6.42 Å². The summed E-state index contributed by atoms with van der Waals surface area (Å²) in [6.07, 6.45) is 3.59. The summed E-state index contributed by atoms with van der Waals surface area (Å²) in [5.41, 5.74) is 6.61. The summed E-state index contributed by atoms with van der Waals surface area (Å²) in [6.45, 7) is 1.39. The van der Waals surface area contributed by atoms with Crippen molar-refractivity contribution < 1.29 is 4.74 Å². The van der Waals surface area contributed by atoms with Gasteiger partial charge in [-0.2, -0.15) is 5.26 Å². The number of rotatable bonds is 4. The first-order chi connectivity index (χ1) is 7.78. The zero-order valence-corrected chi connectivity index (χ0v) is 9.28. The predicted octanol–water partition coefficient (Wildman–Crippen LogP) is 2.07. The maximum absolute atomic E-state index is 8.67. The maximum Gasteiger partial charge on any atom is 0.119 e. The number of nitriles is 1. The molecule has 0 radical (unpaired) electrons. The average Bonchev–Trinajstić information content (AvgIpc) is 2.29. The zero-order valence-electron chi connectivity index (χ0n) is 9.28. The van der Waals surface area contributed by atoms with Gasteiger partial charge in [-0.15, -0.1) is 0 Å². The van der Waals surface area contributed by atoms with Crippen LogP contribution in [0.1, 0.15) is 24.8 Å². The molecule has 84 valence electrons. The molecule has 1 aromatic carbocycles. The van der Waals surface area contributed by atoms with Crippen LogP contribution in [-0.2, 0) is 0 Å². The fourth-order valence-corrected chi connectivity index (χ4v) is 1.95. The van der Waals surface area contributed by atoms with E-state index in [0.29, 0.717) is 18.7 Å². The fraction of sp³-hybridized carbons (Fsp3) is 0.462. The van der Waals surface area contributed by atoms with E-state index in [-0.39, 0.29) is 5.41 Å². The number of nitrogens with zero attached hydrogens (tertiary/aromatic N) is 1. The van der Waals surface area contributed by atoms with Crippen LogP contribution in [0.25, 0.3) is 0 Å². The Kier molecular flexibility index (Phi) is 3.12. The van der Waals surface area contributed by atoms with Crippen LogP contribution in [0.15, 0.2) is 24.3 Å². The Balaban J connectivity index is 1.92. The Morgan fingerprint density at radius 1 is 1.31 bits per heavy atom. The number of hydrogen-bond acceptors (Lipinski definition) is 3. The van der Waals surface area contributed by atoms with Gasteiger partial charge in [0, 0.05) is 12.0 Å². The SMILES string of the molecule is N#Cc1ccc(OCC2(CN)CCC2)cc1. The van der Waals surface area contributed by atoms with Crippen LogP contribution in [0.3, 0.4) is 0 Å². The van der Waals surface area contributed by atoms with Crippen molar-refractivity contribution in [3.63, 3.8) is 0 Å². The van der Waals surface area contributed by atoms with Gasteiger partial charge in [0.25, 0.3) is 0 Å². The Morgan fingerprint density at radius 3 is 2.44 bits per heavy atom. The summed E-state index contributed by atoms with van der Waals surface area (Å²) in [7, 11) is 0. The van der Waals surface area contributed by atoms with Gasteiger partial charge in [-0.05, 0) is 37.1 Å². The number of ether oxygens (including phenoxy) is 1. The molecule has 16 heavy (non-hydrogen) atoms. The van der Waals surface area contributed by atoms with Crippen LogP contribution in [0, 0.1) is 16.7 Å². The second-order valence-electron chi connectivity index (χ2n) is 4.48. The molecule has 1 aromatic rings. The summed E-state index contributed by atoms with van der Waals surface area (Å²) >= 11 is 0. The highest BCUT2D eigenvalue weighted by Crippen LogP contribution is 2.40. The first-order valence-corrected chi connectivity index (χ1v) is 5.61. The monoisotopic (exact) mass is 216 g/mol. The van der Waals surface area contributed by atoms with E-state index in [0.717, 1.165) is 5.75 Å². The standard InChI is InChI=1S/C13H16N2O/c14-8-11-2-4-12(5-3-11)16-10-13(9-15)6-1-7-13/h2-5H,1,6-7,9-10,15H2. The lowest BCUT2D eigenvalue weighted by Crippen LogP contribution is -2.42. The molecular weight excluding hydrogens is 200 g/mol. The van der Waals surface area contributed by atoms with Crippen molar-refractivity contribution in [3.8, 4) is 11.8 Å². The zero-order chi connectivity index (χ0) is 11.4. The predicted molar refractivity (Wildman–Crippen MR) is 62.0 cm³/mol. The van der Waals surface area contributed by atoms with E-state index in [4.69, 9.17) is 15.7 Å². The first-order valence-electron chi connectivity index (χ1n) is 5.61. The minimum absolute atomic E-state index is 0.202.